The van der Waals surface area contributed by atoms with Crippen LogP contribution in [0.4, 0.5) is 0 Å². The molecule has 4 aromatic rings. The van der Waals surface area contributed by atoms with Crippen molar-refractivity contribution < 1.29 is 0 Å². The van der Waals surface area contributed by atoms with Gasteiger partial charge in [-0.15, -0.1) is 10.2 Å². The van der Waals surface area contributed by atoms with Crippen molar-refractivity contribution in [3.8, 4) is 28.6 Å². The number of thioether (sulfide) groups is 1. The Balaban J connectivity index is 1.50. The zero-order chi connectivity index (χ0) is 20.1. The van der Waals surface area contributed by atoms with Crippen LogP contribution in [0.25, 0.3) is 22.5 Å². The van der Waals surface area contributed by atoms with Gasteiger partial charge < -0.3 is 4.57 Å². The quantitative estimate of drug-likeness (QED) is 0.387. The molecule has 0 amide bonds. The third kappa shape index (κ3) is 4.08. The molecule has 0 N–H and O–H groups in total. The normalized spacial score (nSPS) is 10.6. The van der Waals surface area contributed by atoms with Gasteiger partial charge in [-0.1, -0.05) is 84.6 Å². The first-order chi connectivity index (χ1) is 14.3. The van der Waals surface area contributed by atoms with Gasteiger partial charge in [0.1, 0.15) is 0 Å². The molecule has 5 heteroatoms. The highest BCUT2D eigenvalue weighted by molar-refractivity contribution is 7.98. The van der Waals surface area contributed by atoms with Crippen LogP contribution in [-0.4, -0.2) is 14.8 Å². The summed E-state index contributed by atoms with van der Waals surface area (Å²) in [4.78, 5) is 0. The van der Waals surface area contributed by atoms with E-state index in [0.717, 1.165) is 40.0 Å². The third-order valence-electron chi connectivity index (χ3n) is 4.75. The van der Waals surface area contributed by atoms with E-state index in [1.165, 1.54) is 5.56 Å². The highest BCUT2D eigenvalue weighted by atomic mass is 32.2. The predicted octanol–water partition coefficient (Wildman–Crippen LogP) is 5.80. The van der Waals surface area contributed by atoms with E-state index >= 15 is 0 Å². The van der Waals surface area contributed by atoms with E-state index in [0.29, 0.717) is 5.56 Å². The summed E-state index contributed by atoms with van der Waals surface area (Å²) in [6, 6.07) is 28.5. The molecule has 1 heterocycles. The van der Waals surface area contributed by atoms with Crippen LogP contribution in [-0.2, 0) is 12.3 Å². The molecule has 0 saturated carbocycles. The molecule has 0 aliphatic heterocycles. The zero-order valence-corrected chi connectivity index (χ0v) is 16.9. The zero-order valence-electron chi connectivity index (χ0n) is 16.1. The molecule has 0 fully saturated rings. The van der Waals surface area contributed by atoms with E-state index in [1.54, 1.807) is 11.8 Å². The van der Waals surface area contributed by atoms with Gasteiger partial charge in [0.25, 0.3) is 0 Å². The molecule has 142 valence electrons. The Kier molecular flexibility index (Phi) is 5.73. The molecule has 3 aromatic carbocycles. The fourth-order valence-electron chi connectivity index (χ4n) is 3.24. The van der Waals surface area contributed by atoms with Crippen LogP contribution in [0.3, 0.4) is 0 Å². The van der Waals surface area contributed by atoms with Gasteiger partial charge in [-0.05, 0) is 29.7 Å². The summed E-state index contributed by atoms with van der Waals surface area (Å²) in [6.45, 7) is 2.94. The molecular formula is C24H20N4S. The summed E-state index contributed by atoms with van der Waals surface area (Å²) < 4.78 is 2.15. The second kappa shape index (κ2) is 8.76. The lowest BCUT2D eigenvalue weighted by molar-refractivity contribution is 0.687. The van der Waals surface area contributed by atoms with E-state index in [1.807, 2.05) is 42.5 Å². The summed E-state index contributed by atoms with van der Waals surface area (Å²) in [5, 5.41) is 19.0. The molecule has 0 aliphatic rings. The van der Waals surface area contributed by atoms with Crippen molar-refractivity contribution in [3.63, 3.8) is 0 Å². The predicted molar refractivity (Wildman–Crippen MR) is 117 cm³/mol. The molecule has 4 nitrogen and oxygen atoms in total. The fraction of sp³-hybridized carbons (Fsp3) is 0.125. The minimum Gasteiger partial charge on any atom is -0.302 e. The van der Waals surface area contributed by atoms with Crippen molar-refractivity contribution >= 4 is 11.8 Å². The van der Waals surface area contributed by atoms with Gasteiger partial charge in [0.2, 0.25) is 0 Å². The molecule has 4 rings (SSSR count). The molecule has 0 spiro atoms. The van der Waals surface area contributed by atoms with E-state index in [2.05, 4.69) is 64.2 Å². The Morgan fingerprint density at radius 2 is 1.59 bits per heavy atom. The van der Waals surface area contributed by atoms with Crippen molar-refractivity contribution in [2.45, 2.75) is 24.4 Å². The summed E-state index contributed by atoms with van der Waals surface area (Å²) in [5.41, 5.74) is 5.00. The average molecular weight is 397 g/mol. The maximum Gasteiger partial charge on any atom is 0.191 e. The maximum absolute atomic E-state index is 9.31. The summed E-state index contributed by atoms with van der Waals surface area (Å²) in [7, 11) is 0. The van der Waals surface area contributed by atoms with Crippen LogP contribution in [0.5, 0.6) is 0 Å². The van der Waals surface area contributed by atoms with Gasteiger partial charge >= 0.3 is 0 Å². The lowest BCUT2D eigenvalue weighted by atomic mass is 10.00. The number of nitrogens with zero attached hydrogens (tertiary/aromatic N) is 4. The standard InChI is InChI=1S/C24H20N4S/c1-2-28-23(20-8-4-3-5-9-20)26-27-24(28)29-17-18-12-14-19(15-13-18)22-11-7-6-10-21(22)16-25/h3-15H,2,17H2,1H3. The molecule has 0 atom stereocenters. The first-order valence-electron chi connectivity index (χ1n) is 9.50. The monoisotopic (exact) mass is 396 g/mol. The number of rotatable bonds is 6. The number of benzene rings is 3. The van der Waals surface area contributed by atoms with Gasteiger partial charge in [-0.3, -0.25) is 0 Å². The Labute approximate surface area is 174 Å². The Hall–Kier alpha value is -3.36. The van der Waals surface area contributed by atoms with Crippen molar-refractivity contribution in [1.82, 2.24) is 14.8 Å². The van der Waals surface area contributed by atoms with Gasteiger partial charge in [0, 0.05) is 17.9 Å². The second-order valence-electron chi connectivity index (χ2n) is 6.56. The molecule has 0 unspecified atom stereocenters. The van der Waals surface area contributed by atoms with E-state index in [9.17, 15) is 5.26 Å². The molecular weight excluding hydrogens is 376 g/mol. The number of hydrogen-bond donors (Lipinski definition) is 0. The summed E-state index contributed by atoms with van der Waals surface area (Å²) in [6.07, 6.45) is 0. The molecule has 0 radical (unpaired) electrons. The summed E-state index contributed by atoms with van der Waals surface area (Å²) in [5.74, 6) is 1.71. The summed E-state index contributed by atoms with van der Waals surface area (Å²) >= 11 is 1.69. The lowest BCUT2D eigenvalue weighted by Gasteiger charge is -2.08. The second-order valence-corrected chi connectivity index (χ2v) is 7.50. The van der Waals surface area contributed by atoms with E-state index in [-0.39, 0.29) is 0 Å². The first kappa shape index (κ1) is 19.0. The largest absolute Gasteiger partial charge is 0.302 e. The van der Waals surface area contributed by atoms with Crippen LogP contribution in [0.2, 0.25) is 0 Å². The lowest BCUT2D eigenvalue weighted by Crippen LogP contribution is -1.99. The molecule has 0 aliphatic carbocycles. The molecule has 29 heavy (non-hydrogen) atoms. The minimum atomic E-state index is 0.694. The first-order valence-corrected chi connectivity index (χ1v) is 10.5. The van der Waals surface area contributed by atoms with Crippen LogP contribution < -0.4 is 0 Å². The van der Waals surface area contributed by atoms with Crippen LogP contribution in [0, 0.1) is 11.3 Å². The topological polar surface area (TPSA) is 54.5 Å². The fourth-order valence-corrected chi connectivity index (χ4v) is 4.20. The van der Waals surface area contributed by atoms with Crippen molar-refractivity contribution in [3.05, 3.63) is 90.0 Å². The Morgan fingerprint density at radius 1 is 0.862 bits per heavy atom. The smallest absolute Gasteiger partial charge is 0.191 e. The van der Waals surface area contributed by atoms with Gasteiger partial charge in [0.15, 0.2) is 11.0 Å². The number of nitriles is 1. The third-order valence-corrected chi connectivity index (χ3v) is 5.78. The average Bonchev–Trinajstić information content (AvgIpc) is 3.21. The SMILES string of the molecule is CCn1c(SCc2ccc(-c3ccccc3C#N)cc2)nnc1-c1ccccc1. The number of aromatic nitrogens is 3. The van der Waals surface area contributed by atoms with E-state index in [4.69, 9.17) is 0 Å². The van der Waals surface area contributed by atoms with E-state index < -0.39 is 0 Å². The van der Waals surface area contributed by atoms with Crippen LogP contribution >= 0.6 is 11.8 Å². The van der Waals surface area contributed by atoms with Crippen LogP contribution in [0.15, 0.2) is 84.0 Å². The van der Waals surface area contributed by atoms with Crippen LogP contribution in [0.1, 0.15) is 18.1 Å². The number of hydrogen-bond acceptors (Lipinski definition) is 4. The van der Waals surface area contributed by atoms with Crippen molar-refractivity contribution in [2.24, 2.45) is 0 Å². The minimum absolute atomic E-state index is 0.694. The molecule has 0 saturated heterocycles. The Bertz CT molecular complexity index is 1140. The highest BCUT2D eigenvalue weighted by Gasteiger charge is 2.13. The Morgan fingerprint density at radius 3 is 2.31 bits per heavy atom. The van der Waals surface area contributed by atoms with Crippen molar-refractivity contribution in [2.75, 3.05) is 0 Å². The van der Waals surface area contributed by atoms with Crippen molar-refractivity contribution in [1.29, 1.82) is 5.26 Å². The van der Waals surface area contributed by atoms with Gasteiger partial charge in [-0.25, -0.2) is 0 Å². The van der Waals surface area contributed by atoms with Gasteiger partial charge in [-0.2, -0.15) is 5.26 Å². The highest BCUT2D eigenvalue weighted by Crippen LogP contribution is 2.28. The molecule has 1 aromatic heterocycles. The maximum atomic E-state index is 9.31. The molecule has 0 bridgehead atoms. The van der Waals surface area contributed by atoms with Gasteiger partial charge in [0.05, 0.1) is 11.6 Å².